The highest BCUT2D eigenvalue weighted by Crippen LogP contribution is 2.30. The van der Waals surface area contributed by atoms with Crippen LogP contribution in [0.4, 0.5) is 0 Å². The quantitative estimate of drug-likeness (QED) is 0.432. The predicted molar refractivity (Wildman–Crippen MR) is 60.6 cm³/mol. The number of hydrogen-bond acceptors (Lipinski definition) is 4. The molecule has 0 aliphatic carbocycles. The van der Waals surface area contributed by atoms with Crippen LogP contribution in [0.2, 0.25) is 0 Å². The minimum atomic E-state index is -0.238. The average Bonchev–Trinajstić information content (AvgIpc) is 2.76. The molecule has 2 aromatic heterocycles. The van der Waals surface area contributed by atoms with Gasteiger partial charge in [0.05, 0.1) is 21.8 Å². The maximum absolute atomic E-state index is 11.6. The molecule has 2 heterocycles. The maximum Gasteiger partial charge on any atom is 0.278 e. The Morgan fingerprint density at radius 1 is 0.688 bits per heavy atom. The number of benzene rings is 2. The second-order valence-electron chi connectivity index (χ2n) is 3.85. The summed E-state index contributed by atoms with van der Waals surface area (Å²) in [6.07, 6.45) is 0. The van der Waals surface area contributed by atoms with Crippen molar-refractivity contribution < 1.29 is 0 Å². The zero-order chi connectivity index (χ0) is 10.9. The van der Waals surface area contributed by atoms with Gasteiger partial charge < -0.3 is 0 Å². The first-order valence-corrected chi connectivity index (χ1v) is 4.87. The van der Waals surface area contributed by atoms with Gasteiger partial charge in [0.15, 0.2) is 0 Å². The third kappa shape index (κ3) is 0.692. The van der Waals surface area contributed by atoms with E-state index in [4.69, 9.17) is 0 Å². The smallest absolute Gasteiger partial charge is 0.267 e. The van der Waals surface area contributed by atoms with Crippen molar-refractivity contribution in [2.75, 3.05) is 0 Å². The van der Waals surface area contributed by atoms with Crippen molar-refractivity contribution in [2.45, 2.75) is 0 Å². The third-order valence-electron chi connectivity index (χ3n) is 3.02. The standard InChI is InChI=1S/C12H4N2O2/c15-11-5-1-2-6-10-8(14-12(6)16)4-3-7(13-11)9(5)10/h1-4H. The lowest BCUT2D eigenvalue weighted by molar-refractivity contribution is 1.37. The highest BCUT2D eigenvalue weighted by Gasteiger charge is 2.16. The minimum absolute atomic E-state index is 0.238. The summed E-state index contributed by atoms with van der Waals surface area (Å²) in [5, 5.41) is 2.69. The van der Waals surface area contributed by atoms with Gasteiger partial charge in [0.1, 0.15) is 0 Å². The molecule has 0 radical (unpaired) electrons. The van der Waals surface area contributed by atoms with Gasteiger partial charge in [0.25, 0.3) is 11.1 Å². The highest BCUT2D eigenvalue weighted by atomic mass is 16.1. The maximum atomic E-state index is 11.6. The molecule has 0 unspecified atom stereocenters. The first-order chi connectivity index (χ1) is 7.75. The summed E-state index contributed by atoms with van der Waals surface area (Å²) in [5.41, 5.74) is 0.812. The highest BCUT2D eigenvalue weighted by molar-refractivity contribution is 6.21. The van der Waals surface area contributed by atoms with Gasteiger partial charge in [0.2, 0.25) is 0 Å². The first-order valence-electron chi connectivity index (χ1n) is 4.87. The number of rotatable bonds is 0. The molecule has 0 fully saturated rings. The SMILES string of the molecule is O=c1nc2ccc3nc(=O)c4ccc1c2c34. The molecule has 4 rings (SSSR count). The van der Waals surface area contributed by atoms with E-state index in [0.717, 1.165) is 10.8 Å². The minimum Gasteiger partial charge on any atom is -0.267 e. The number of aromatic nitrogens is 2. The van der Waals surface area contributed by atoms with Crippen LogP contribution in [0.1, 0.15) is 0 Å². The normalized spacial score (nSPS) is 12.2. The molecule has 4 aromatic rings. The van der Waals surface area contributed by atoms with Gasteiger partial charge in [-0.25, -0.2) is 9.97 Å². The molecule has 0 spiro atoms. The van der Waals surface area contributed by atoms with Gasteiger partial charge in [-0.3, -0.25) is 9.59 Å². The van der Waals surface area contributed by atoms with E-state index in [1.165, 1.54) is 0 Å². The molecule has 0 aliphatic rings. The Labute approximate surface area is 88.2 Å². The first kappa shape index (κ1) is 7.87. The van der Waals surface area contributed by atoms with E-state index in [-0.39, 0.29) is 11.1 Å². The van der Waals surface area contributed by atoms with Crippen molar-refractivity contribution in [1.29, 1.82) is 0 Å². The van der Waals surface area contributed by atoms with Crippen molar-refractivity contribution in [1.82, 2.24) is 9.97 Å². The lowest BCUT2D eigenvalue weighted by Gasteiger charge is -1.95. The molecule has 2 aromatic carbocycles. The van der Waals surface area contributed by atoms with Crippen LogP contribution >= 0.6 is 0 Å². The summed E-state index contributed by atoms with van der Waals surface area (Å²) < 4.78 is 0. The topological polar surface area (TPSA) is 59.9 Å². The molecular weight excluding hydrogens is 204 g/mol. The summed E-state index contributed by atoms with van der Waals surface area (Å²) in [7, 11) is 0. The van der Waals surface area contributed by atoms with Crippen molar-refractivity contribution in [3.63, 3.8) is 0 Å². The van der Waals surface area contributed by atoms with Gasteiger partial charge in [-0.2, -0.15) is 0 Å². The Morgan fingerprint density at radius 3 is 1.56 bits per heavy atom. The van der Waals surface area contributed by atoms with Crippen molar-refractivity contribution in [3.8, 4) is 0 Å². The summed E-state index contributed by atoms with van der Waals surface area (Å²) in [6.45, 7) is 0. The molecule has 0 aliphatic heterocycles. The Hall–Kier alpha value is -2.36. The molecule has 0 saturated carbocycles. The second-order valence-corrected chi connectivity index (χ2v) is 3.85. The molecule has 74 valence electrons. The van der Waals surface area contributed by atoms with E-state index in [0.29, 0.717) is 21.8 Å². The van der Waals surface area contributed by atoms with Crippen LogP contribution in [0.5, 0.6) is 0 Å². The van der Waals surface area contributed by atoms with E-state index >= 15 is 0 Å². The van der Waals surface area contributed by atoms with Crippen LogP contribution in [0.3, 0.4) is 0 Å². The fourth-order valence-electron chi connectivity index (χ4n) is 2.34. The van der Waals surface area contributed by atoms with Crippen molar-refractivity contribution in [3.05, 3.63) is 45.0 Å². The molecule has 0 bridgehead atoms. The molecule has 0 atom stereocenters. The largest absolute Gasteiger partial charge is 0.278 e. The molecule has 16 heavy (non-hydrogen) atoms. The van der Waals surface area contributed by atoms with Crippen molar-refractivity contribution >= 4 is 32.6 Å². The lowest BCUT2D eigenvalue weighted by Crippen LogP contribution is -1.98. The average molecular weight is 208 g/mol. The molecule has 4 heteroatoms. The van der Waals surface area contributed by atoms with E-state index in [9.17, 15) is 9.59 Å². The fraction of sp³-hybridized carbons (Fsp3) is 0. The zero-order valence-electron chi connectivity index (χ0n) is 8.02. The molecule has 0 saturated heterocycles. The monoisotopic (exact) mass is 208 g/mol. The summed E-state index contributed by atoms with van der Waals surface area (Å²) in [5.74, 6) is 0. The van der Waals surface area contributed by atoms with Crippen LogP contribution in [0.25, 0.3) is 32.6 Å². The van der Waals surface area contributed by atoms with E-state index in [1.54, 1.807) is 24.3 Å². The molecule has 0 amide bonds. The van der Waals surface area contributed by atoms with Crippen molar-refractivity contribution in [2.24, 2.45) is 0 Å². The predicted octanol–water partition coefficient (Wildman–Crippen LogP) is 0.970. The Balaban J connectivity index is 2.62. The van der Waals surface area contributed by atoms with E-state index < -0.39 is 0 Å². The Bertz CT molecular complexity index is 855. The van der Waals surface area contributed by atoms with Crippen LogP contribution < -0.4 is 11.1 Å². The van der Waals surface area contributed by atoms with Gasteiger partial charge >= 0.3 is 0 Å². The Kier molecular flexibility index (Phi) is 1.10. The number of nitrogens with zero attached hydrogens (tertiary/aromatic N) is 2. The summed E-state index contributed by atoms with van der Waals surface area (Å²) >= 11 is 0. The van der Waals surface area contributed by atoms with Crippen LogP contribution in [0, 0.1) is 0 Å². The van der Waals surface area contributed by atoms with E-state index in [2.05, 4.69) is 9.97 Å². The lowest BCUT2D eigenvalue weighted by atomic mass is 10.0. The van der Waals surface area contributed by atoms with Crippen LogP contribution in [-0.2, 0) is 0 Å². The van der Waals surface area contributed by atoms with E-state index in [1.807, 2.05) is 0 Å². The third-order valence-corrected chi connectivity index (χ3v) is 3.02. The molecule has 4 nitrogen and oxygen atoms in total. The second kappa shape index (κ2) is 2.24. The summed E-state index contributed by atoms with van der Waals surface area (Å²) in [4.78, 5) is 31.1. The Morgan fingerprint density at radius 2 is 1.12 bits per heavy atom. The molecular formula is C12H4N2O2. The van der Waals surface area contributed by atoms with Gasteiger partial charge in [-0.15, -0.1) is 0 Å². The fourth-order valence-corrected chi connectivity index (χ4v) is 2.34. The van der Waals surface area contributed by atoms with Gasteiger partial charge in [0, 0.05) is 10.8 Å². The van der Waals surface area contributed by atoms with Gasteiger partial charge in [-0.1, -0.05) is 0 Å². The van der Waals surface area contributed by atoms with Gasteiger partial charge in [-0.05, 0) is 24.3 Å². The zero-order valence-corrected chi connectivity index (χ0v) is 8.02. The molecule has 0 N–H and O–H groups in total. The number of hydrogen-bond donors (Lipinski definition) is 0. The van der Waals surface area contributed by atoms with Crippen LogP contribution in [0.15, 0.2) is 33.9 Å². The summed E-state index contributed by atoms with van der Waals surface area (Å²) in [6, 6.07) is 6.78. The van der Waals surface area contributed by atoms with Crippen LogP contribution in [-0.4, -0.2) is 9.97 Å².